The van der Waals surface area contributed by atoms with Crippen molar-refractivity contribution in [2.45, 2.75) is 19.1 Å². The van der Waals surface area contributed by atoms with E-state index in [1.807, 2.05) is 30.3 Å². The Bertz CT molecular complexity index is 592. The van der Waals surface area contributed by atoms with Crippen molar-refractivity contribution in [3.63, 3.8) is 0 Å². The molecule has 2 aromatic carbocycles. The molecule has 0 heterocycles. The van der Waals surface area contributed by atoms with E-state index in [9.17, 15) is 5.11 Å². The molecule has 22 heavy (non-hydrogen) atoms. The molecular weight excluding hydrogens is 321 g/mol. The summed E-state index contributed by atoms with van der Waals surface area (Å²) < 4.78 is 5.51. The second-order valence-electron chi connectivity index (χ2n) is 5.08. The first-order valence-corrected chi connectivity index (χ1v) is 7.86. The number of halogens is 2. The van der Waals surface area contributed by atoms with Gasteiger partial charge in [0.15, 0.2) is 0 Å². The maximum Gasteiger partial charge on any atom is 0.138 e. The van der Waals surface area contributed by atoms with Crippen LogP contribution in [0.15, 0.2) is 48.5 Å². The van der Waals surface area contributed by atoms with Crippen molar-refractivity contribution >= 4 is 23.2 Å². The van der Waals surface area contributed by atoms with Crippen molar-refractivity contribution in [3.8, 4) is 5.75 Å². The number of aliphatic hydroxyl groups excluding tert-OH is 1. The molecule has 0 amide bonds. The van der Waals surface area contributed by atoms with Crippen LogP contribution in [0.1, 0.15) is 18.5 Å². The van der Waals surface area contributed by atoms with Gasteiger partial charge in [-0.15, -0.1) is 0 Å². The molecule has 2 N–H and O–H groups in total. The van der Waals surface area contributed by atoms with Crippen LogP contribution in [-0.4, -0.2) is 24.4 Å². The molecule has 0 saturated heterocycles. The number of rotatable bonds is 7. The Kier molecular flexibility index (Phi) is 6.52. The predicted molar refractivity (Wildman–Crippen MR) is 90.8 cm³/mol. The molecular formula is C17H19Cl2NO2. The lowest BCUT2D eigenvalue weighted by molar-refractivity contribution is 0.104. The Balaban J connectivity index is 1.77. The summed E-state index contributed by atoms with van der Waals surface area (Å²) in [7, 11) is 0. The summed E-state index contributed by atoms with van der Waals surface area (Å²) in [6.45, 7) is 2.65. The van der Waals surface area contributed by atoms with Gasteiger partial charge in [-0.2, -0.15) is 0 Å². The maximum atomic E-state index is 10.00. The third-order valence-electron chi connectivity index (χ3n) is 3.28. The van der Waals surface area contributed by atoms with Gasteiger partial charge in [0.1, 0.15) is 18.5 Å². The van der Waals surface area contributed by atoms with Crippen LogP contribution in [0.5, 0.6) is 5.75 Å². The van der Waals surface area contributed by atoms with Gasteiger partial charge in [-0.05, 0) is 30.7 Å². The molecule has 0 saturated carbocycles. The fraction of sp³-hybridized carbons (Fsp3) is 0.294. The summed E-state index contributed by atoms with van der Waals surface area (Å²) >= 11 is 11.8. The standard InChI is InChI=1S/C17H19Cl2NO2/c1-12(13-5-3-2-4-6-13)20-10-15(21)11-22-17-8-7-14(18)9-16(17)19/h2-9,12,15,20-21H,10-11H2,1H3/t12-,15-/m0/s1. The lowest BCUT2D eigenvalue weighted by Gasteiger charge is -2.18. The van der Waals surface area contributed by atoms with E-state index < -0.39 is 6.10 Å². The number of benzene rings is 2. The Morgan fingerprint density at radius 3 is 2.55 bits per heavy atom. The molecule has 2 rings (SSSR count). The van der Waals surface area contributed by atoms with Gasteiger partial charge in [-0.3, -0.25) is 0 Å². The number of hydrogen-bond acceptors (Lipinski definition) is 3. The minimum atomic E-state index is -0.627. The Labute approximate surface area is 140 Å². The second kappa shape index (κ2) is 8.39. The van der Waals surface area contributed by atoms with E-state index in [2.05, 4.69) is 12.2 Å². The third kappa shape index (κ3) is 5.18. The van der Waals surface area contributed by atoms with E-state index >= 15 is 0 Å². The first-order valence-electron chi connectivity index (χ1n) is 7.10. The minimum absolute atomic E-state index is 0.162. The first-order chi connectivity index (χ1) is 10.6. The summed E-state index contributed by atoms with van der Waals surface area (Å²) in [6, 6.07) is 15.2. The monoisotopic (exact) mass is 339 g/mol. The smallest absolute Gasteiger partial charge is 0.138 e. The molecule has 118 valence electrons. The number of aliphatic hydroxyl groups is 1. The number of hydrogen-bond donors (Lipinski definition) is 2. The van der Waals surface area contributed by atoms with Crippen LogP contribution in [0.4, 0.5) is 0 Å². The summed E-state index contributed by atoms with van der Waals surface area (Å²) in [5.74, 6) is 0.515. The largest absolute Gasteiger partial charge is 0.489 e. The minimum Gasteiger partial charge on any atom is -0.489 e. The lowest BCUT2D eigenvalue weighted by Crippen LogP contribution is -2.33. The highest BCUT2D eigenvalue weighted by Gasteiger charge is 2.10. The van der Waals surface area contributed by atoms with Crippen LogP contribution in [0, 0.1) is 0 Å². The molecule has 3 nitrogen and oxygen atoms in total. The van der Waals surface area contributed by atoms with Crippen molar-refractivity contribution in [1.29, 1.82) is 0 Å². The molecule has 0 aromatic heterocycles. The zero-order chi connectivity index (χ0) is 15.9. The zero-order valence-electron chi connectivity index (χ0n) is 12.3. The molecule has 0 spiro atoms. The average molecular weight is 340 g/mol. The second-order valence-corrected chi connectivity index (χ2v) is 5.92. The Morgan fingerprint density at radius 2 is 1.86 bits per heavy atom. The van der Waals surface area contributed by atoms with Crippen LogP contribution in [0.25, 0.3) is 0 Å². The topological polar surface area (TPSA) is 41.5 Å². The van der Waals surface area contributed by atoms with E-state index in [1.54, 1.807) is 18.2 Å². The summed E-state index contributed by atoms with van der Waals surface area (Å²) in [6.07, 6.45) is -0.627. The molecule has 0 aliphatic rings. The van der Waals surface area contributed by atoms with E-state index in [0.29, 0.717) is 22.3 Å². The summed E-state index contributed by atoms with van der Waals surface area (Å²) in [5, 5.41) is 14.3. The van der Waals surface area contributed by atoms with Crippen LogP contribution in [0.2, 0.25) is 10.0 Å². The van der Waals surface area contributed by atoms with Gasteiger partial charge < -0.3 is 15.2 Å². The lowest BCUT2D eigenvalue weighted by atomic mass is 10.1. The van der Waals surface area contributed by atoms with Gasteiger partial charge in [0.25, 0.3) is 0 Å². The molecule has 2 atom stereocenters. The molecule has 2 aromatic rings. The molecule has 0 unspecified atom stereocenters. The van der Waals surface area contributed by atoms with Gasteiger partial charge in [0, 0.05) is 17.6 Å². The average Bonchev–Trinajstić information content (AvgIpc) is 2.52. The summed E-state index contributed by atoms with van der Waals surface area (Å²) in [4.78, 5) is 0. The van der Waals surface area contributed by atoms with Crippen molar-refractivity contribution in [3.05, 3.63) is 64.1 Å². The summed E-state index contributed by atoms with van der Waals surface area (Å²) in [5.41, 5.74) is 1.18. The number of ether oxygens (including phenoxy) is 1. The highest BCUT2D eigenvalue weighted by atomic mass is 35.5. The highest BCUT2D eigenvalue weighted by molar-refractivity contribution is 6.35. The first kappa shape index (κ1) is 17.1. The van der Waals surface area contributed by atoms with Gasteiger partial charge in [-0.1, -0.05) is 53.5 Å². The maximum absolute atomic E-state index is 10.00. The number of nitrogens with one attached hydrogen (secondary N) is 1. The van der Waals surface area contributed by atoms with Crippen LogP contribution < -0.4 is 10.1 Å². The van der Waals surface area contributed by atoms with Crippen LogP contribution in [0.3, 0.4) is 0 Å². The van der Waals surface area contributed by atoms with Crippen molar-refractivity contribution in [2.75, 3.05) is 13.2 Å². The Morgan fingerprint density at radius 1 is 1.14 bits per heavy atom. The SMILES string of the molecule is C[C@H](NC[C@H](O)COc1ccc(Cl)cc1Cl)c1ccccc1. The fourth-order valence-corrected chi connectivity index (χ4v) is 2.47. The van der Waals surface area contributed by atoms with Gasteiger partial charge in [-0.25, -0.2) is 0 Å². The molecule has 0 radical (unpaired) electrons. The quantitative estimate of drug-likeness (QED) is 0.798. The Hall–Kier alpha value is -1.26. The molecule has 0 bridgehead atoms. The molecule has 0 aliphatic heterocycles. The van der Waals surface area contributed by atoms with Crippen molar-refractivity contribution in [2.24, 2.45) is 0 Å². The van der Waals surface area contributed by atoms with E-state index in [0.717, 1.165) is 0 Å². The highest BCUT2D eigenvalue weighted by Crippen LogP contribution is 2.27. The van der Waals surface area contributed by atoms with Gasteiger partial charge in [0.2, 0.25) is 0 Å². The van der Waals surface area contributed by atoms with Crippen LogP contribution in [-0.2, 0) is 0 Å². The molecule has 0 fully saturated rings. The van der Waals surface area contributed by atoms with Crippen molar-refractivity contribution < 1.29 is 9.84 Å². The van der Waals surface area contributed by atoms with E-state index in [1.165, 1.54) is 5.56 Å². The van der Waals surface area contributed by atoms with E-state index in [4.69, 9.17) is 27.9 Å². The fourth-order valence-electron chi connectivity index (χ4n) is 2.01. The zero-order valence-corrected chi connectivity index (χ0v) is 13.8. The van der Waals surface area contributed by atoms with Crippen LogP contribution >= 0.6 is 23.2 Å². The van der Waals surface area contributed by atoms with Crippen molar-refractivity contribution in [1.82, 2.24) is 5.32 Å². The van der Waals surface area contributed by atoms with Gasteiger partial charge in [0.05, 0.1) is 5.02 Å². The normalized spacial score (nSPS) is 13.6. The molecule has 5 heteroatoms. The molecule has 0 aliphatic carbocycles. The van der Waals surface area contributed by atoms with E-state index in [-0.39, 0.29) is 12.6 Å². The van der Waals surface area contributed by atoms with Gasteiger partial charge >= 0.3 is 0 Å². The predicted octanol–water partition coefficient (Wildman–Crippen LogP) is 4.08. The third-order valence-corrected chi connectivity index (χ3v) is 3.81.